The summed E-state index contributed by atoms with van der Waals surface area (Å²) in [6.45, 7) is 7.29. The molecule has 1 atom stereocenters. The van der Waals surface area contributed by atoms with Gasteiger partial charge < -0.3 is 9.88 Å². The zero-order valence-corrected chi connectivity index (χ0v) is 17.9. The number of amides is 1. The van der Waals surface area contributed by atoms with E-state index in [2.05, 4.69) is 58.0 Å². The maximum absolute atomic E-state index is 12.4. The molecule has 0 saturated carbocycles. The van der Waals surface area contributed by atoms with Gasteiger partial charge in [0.05, 0.1) is 5.75 Å². The van der Waals surface area contributed by atoms with Gasteiger partial charge in [-0.1, -0.05) is 44.7 Å². The number of anilines is 1. The molecule has 152 valence electrons. The van der Waals surface area contributed by atoms with E-state index in [1.807, 2.05) is 24.3 Å². The van der Waals surface area contributed by atoms with Crippen LogP contribution in [0.4, 0.5) is 5.69 Å². The summed E-state index contributed by atoms with van der Waals surface area (Å²) in [5.74, 6) is 1.56. The Labute approximate surface area is 176 Å². The molecular formula is C22H27N5OS. The van der Waals surface area contributed by atoms with Crippen LogP contribution in [0, 0.1) is 0 Å². The Morgan fingerprint density at radius 2 is 1.83 bits per heavy atom. The van der Waals surface area contributed by atoms with Crippen molar-refractivity contribution in [1.82, 2.24) is 19.7 Å². The fraction of sp³-hybridized carbons (Fsp3) is 0.364. The van der Waals surface area contributed by atoms with Crippen molar-refractivity contribution in [2.24, 2.45) is 0 Å². The van der Waals surface area contributed by atoms with Gasteiger partial charge in [-0.25, -0.2) is 0 Å². The number of aromatic nitrogens is 4. The summed E-state index contributed by atoms with van der Waals surface area (Å²) < 4.78 is 2.06. The van der Waals surface area contributed by atoms with Crippen LogP contribution in [0.25, 0.3) is 11.4 Å². The monoisotopic (exact) mass is 409 g/mol. The Bertz CT molecular complexity index is 924. The molecule has 3 rings (SSSR count). The first-order valence-electron chi connectivity index (χ1n) is 9.98. The summed E-state index contributed by atoms with van der Waals surface area (Å²) >= 11 is 1.40. The Morgan fingerprint density at radius 3 is 2.48 bits per heavy atom. The average molecular weight is 410 g/mol. The summed E-state index contributed by atoms with van der Waals surface area (Å²) in [4.78, 5) is 16.5. The molecule has 0 aliphatic heterocycles. The number of nitrogens with one attached hydrogen (secondary N) is 1. The first-order chi connectivity index (χ1) is 14.1. The number of carbonyl (C=O) groups excluding carboxylic acids is 1. The lowest BCUT2D eigenvalue weighted by Crippen LogP contribution is -2.14. The van der Waals surface area contributed by atoms with Gasteiger partial charge in [0, 0.05) is 30.2 Å². The van der Waals surface area contributed by atoms with Crippen LogP contribution < -0.4 is 5.32 Å². The Balaban J connectivity index is 1.63. The van der Waals surface area contributed by atoms with Crippen molar-refractivity contribution in [3.05, 3.63) is 54.4 Å². The summed E-state index contributed by atoms with van der Waals surface area (Å²) in [6, 6.07) is 11.9. The molecule has 29 heavy (non-hydrogen) atoms. The third-order valence-electron chi connectivity index (χ3n) is 4.81. The Morgan fingerprint density at radius 1 is 1.10 bits per heavy atom. The van der Waals surface area contributed by atoms with Crippen LogP contribution in [0.5, 0.6) is 0 Å². The first-order valence-corrected chi connectivity index (χ1v) is 11.0. The van der Waals surface area contributed by atoms with Crippen molar-refractivity contribution in [2.75, 3.05) is 11.1 Å². The summed E-state index contributed by atoms with van der Waals surface area (Å²) in [6.07, 6.45) is 5.54. The van der Waals surface area contributed by atoms with Crippen LogP contribution in [0.2, 0.25) is 0 Å². The van der Waals surface area contributed by atoms with E-state index >= 15 is 0 Å². The molecule has 0 unspecified atom stereocenters. The second kappa shape index (κ2) is 10.2. The molecule has 3 aromatic rings. The summed E-state index contributed by atoms with van der Waals surface area (Å²) in [5, 5.41) is 12.4. The topological polar surface area (TPSA) is 72.7 Å². The molecule has 0 fully saturated rings. The molecule has 0 spiro atoms. The Hall–Kier alpha value is -2.67. The lowest BCUT2D eigenvalue weighted by Gasteiger charge is -2.11. The van der Waals surface area contributed by atoms with Crippen LogP contribution in [0.3, 0.4) is 0 Å². The van der Waals surface area contributed by atoms with Gasteiger partial charge in [-0.2, -0.15) is 0 Å². The van der Waals surface area contributed by atoms with Gasteiger partial charge in [0.25, 0.3) is 0 Å². The number of benzene rings is 1. The van der Waals surface area contributed by atoms with E-state index in [1.165, 1.54) is 17.3 Å². The van der Waals surface area contributed by atoms with Crippen molar-refractivity contribution in [3.63, 3.8) is 0 Å². The van der Waals surface area contributed by atoms with E-state index in [4.69, 9.17) is 0 Å². The van der Waals surface area contributed by atoms with Crippen LogP contribution in [0.15, 0.2) is 53.9 Å². The number of nitrogens with zero attached hydrogens (tertiary/aromatic N) is 4. The maximum atomic E-state index is 12.4. The lowest BCUT2D eigenvalue weighted by atomic mass is 9.99. The third kappa shape index (κ3) is 5.44. The van der Waals surface area contributed by atoms with E-state index in [-0.39, 0.29) is 11.7 Å². The van der Waals surface area contributed by atoms with Gasteiger partial charge in [0.15, 0.2) is 11.0 Å². The molecular weight excluding hydrogens is 382 g/mol. The van der Waals surface area contributed by atoms with Crippen LogP contribution in [-0.4, -0.2) is 31.4 Å². The maximum Gasteiger partial charge on any atom is 0.234 e. The van der Waals surface area contributed by atoms with Crippen LogP contribution in [0.1, 0.15) is 45.1 Å². The van der Waals surface area contributed by atoms with Gasteiger partial charge >= 0.3 is 0 Å². The fourth-order valence-electron chi connectivity index (χ4n) is 2.99. The van der Waals surface area contributed by atoms with Gasteiger partial charge in [-0.3, -0.25) is 9.78 Å². The number of rotatable bonds is 9. The van der Waals surface area contributed by atoms with Crippen LogP contribution in [-0.2, 0) is 11.3 Å². The number of thioether (sulfide) groups is 1. The molecule has 1 amide bonds. The van der Waals surface area contributed by atoms with Crippen molar-refractivity contribution in [2.45, 2.75) is 51.2 Å². The minimum absolute atomic E-state index is 0.0530. The number of hydrogen-bond acceptors (Lipinski definition) is 5. The molecule has 2 aromatic heterocycles. The molecule has 1 aromatic carbocycles. The fourth-order valence-corrected chi connectivity index (χ4v) is 3.76. The SMILES string of the molecule is CCCn1c(SCC(=O)Nc2ccc([C@@H](C)CC)cc2)nnc1-c1ccncc1. The second-order valence-electron chi connectivity index (χ2n) is 6.96. The zero-order valence-electron chi connectivity index (χ0n) is 17.1. The molecule has 1 N–H and O–H groups in total. The summed E-state index contributed by atoms with van der Waals surface area (Å²) in [5.41, 5.74) is 3.07. The summed E-state index contributed by atoms with van der Waals surface area (Å²) in [7, 11) is 0. The van der Waals surface area contributed by atoms with Gasteiger partial charge in [0.2, 0.25) is 5.91 Å². The predicted molar refractivity (Wildman–Crippen MR) is 118 cm³/mol. The highest BCUT2D eigenvalue weighted by molar-refractivity contribution is 7.99. The van der Waals surface area contributed by atoms with Gasteiger partial charge in [-0.05, 0) is 48.6 Å². The highest BCUT2D eigenvalue weighted by Gasteiger charge is 2.15. The highest BCUT2D eigenvalue weighted by atomic mass is 32.2. The van der Waals surface area contributed by atoms with Gasteiger partial charge in [0.1, 0.15) is 0 Å². The van der Waals surface area contributed by atoms with Crippen molar-refractivity contribution < 1.29 is 4.79 Å². The highest BCUT2D eigenvalue weighted by Crippen LogP contribution is 2.25. The molecule has 0 bridgehead atoms. The average Bonchev–Trinajstić information content (AvgIpc) is 3.16. The molecule has 0 saturated heterocycles. The first kappa shape index (κ1) is 21.0. The molecule has 7 heteroatoms. The van der Waals surface area contributed by atoms with Crippen LogP contribution >= 0.6 is 11.8 Å². The van der Waals surface area contributed by atoms with Gasteiger partial charge in [-0.15, -0.1) is 10.2 Å². The van der Waals surface area contributed by atoms with E-state index in [0.29, 0.717) is 5.92 Å². The quantitative estimate of drug-likeness (QED) is 0.504. The largest absolute Gasteiger partial charge is 0.325 e. The molecule has 6 nitrogen and oxygen atoms in total. The molecule has 2 heterocycles. The second-order valence-corrected chi connectivity index (χ2v) is 7.90. The van der Waals surface area contributed by atoms with E-state index in [0.717, 1.165) is 41.6 Å². The zero-order chi connectivity index (χ0) is 20.6. The standard InChI is InChI=1S/C22H27N5OS/c1-4-14-27-21(18-10-12-23-13-11-18)25-26-22(27)29-15-20(28)24-19-8-6-17(7-9-19)16(3)5-2/h6-13,16H,4-5,14-15H2,1-3H3,(H,24,28)/t16-/m0/s1. The molecule has 0 aliphatic rings. The normalized spacial score (nSPS) is 12.0. The van der Waals surface area contributed by atoms with Crippen molar-refractivity contribution in [1.29, 1.82) is 0 Å². The van der Waals surface area contributed by atoms with E-state index in [9.17, 15) is 4.79 Å². The number of pyridine rings is 1. The van der Waals surface area contributed by atoms with Crippen molar-refractivity contribution >= 4 is 23.4 Å². The number of carbonyl (C=O) groups is 1. The third-order valence-corrected chi connectivity index (χ3v) is 5.78. The Kier molecular flexibility index (Phi) is 7.41. The predicted octanol–water partition coefficient (Wildman–Crippen LogP) is 4.99. The number of hydrogen-bond donors (Lipinski definition) is 1. The molecule has 0 aliphatic carbocycles. The minimum atomic E-state index is -0.0530. The minimum Gasteiger partial charge on any atom is -0.325 e. The molecule has 0 radical (unpaired) electrons. The van der Waals surface area contributed by atoms with E-state index in [1.54, 1.807) is 12.4 Å². The smallest absolute Gasteiger partial charge is 0.234 e. The lowest BCUT2D eigenvalue weighted by molar-refractivity contribution is -0.113. The van der Waals surface area contributed by atoms with E-state index < -0.39 is 0 Å². The van der Waals surface area contributed by atoms with Crippen molar-refractivity contribution in [3.8, 4) is 11.4 Å².